The Morgan fingerprint density at radius 2 is 2.13 bits per heavy atom. The molecule has 1 aromatic carbocycles. The van der Waals surface area contributed by atoms with Gasteiger partial charge in [0.05, 0.1) is 0 Å². The number of thioether (sulfide) groups is 1. The third kappa shape index (κ3) is 3.02. The van der Waals surface area contributed by atoms with Crippen molar-refractivity contribution in [3.8, 4) is 0 Å². The first-order valence-electron chi connectivity index (χ1n) is 8.78. The fourth-order valence-corrected chi connectivity index (χ4v) is 5.97. The van der Waals surface area contributed by atoms with E-state index in [4.69, 9.17) is 0 Å². The Balaban J connectivity index is 1.35. The molecule has 2 saturated heterocycles. The van der Waals surface area contributed by atoms with Gasteiger partial charge in [0.1, 0.15) is 5.82 Å². The summed E-state index contributed by atoms with van der Waals surface area (Å²) in [5, 5.41) is 0.536. The van der Waals surface area contributed by atoms with Gasteiger partial charge in [0.15, 0.2) is 0 Å². The second kappa shape index (κ2) is 6.12. The quantitative estimate of drug-likeness (QED) is 0.835. The SMILES string of the molecule is CC1CCN(C(=O)C2CC2C2CC(c3ccccc3F)CS2)C1. The Hall–Kier alpha value is -1.03. The molecule has 1 amide bonds. The summed E-state index contributed by atoms with van der Waals surface area (Å²) in [7, 11) is 0. The molecule has 1 aromatic rings. The predicted octanol–water partition coefficient (Wildman–Crippen LogP) is 3.92. The molecule has 0 spiro atoms. The van der Waals surface area contributed by atoms with Crippen molar-refractivity contribution in [3.63, 3.8) is 0 Å². The van der Waals surface area contributed by atoms with Crippen molar-refractivity contribution in [2.75, 3.05) is 18.8 Å². The number of rotatable bonds is 3. The van der Waals surface area contributed by atoms with Crippen LogP contribution in [0.15, 0.2) is 24.3 Å². The van der Waals surface area contributed by atoms with Crippen LogP contribution in [0.5, 0.6) is 0 Å². The Kier molecular flexibility index (Phi) is 4.12. The van der Waals surface area contributed by atoms with Crippen LogP contribution in [0.2, 0.25) is 0 Å². The van der Waals surface area contributed by atoms with Crippen molar-refractivity contribution in [2.45, 2.75) is 37.4 Å². The largest absolute Gasteiger partial charge is 0.342 e. The molecule has 2 aliphatic heterocycles. The molecule has 0 radical (unpaired) electrons. The van der Waals surface area contributed by atoms with Crippen LogP contribution < -0.4 is 0 Å². The van der Waals surface area contributed by atoms with E-state index in [-0.39, 0.29) is 11.7 Å². The van der Waals surface area contributed by atoms with Crippen LogP contribution >= 0.6 is 11.8 Å². The molecule has 5 unspecified atom stereocenters. The molecule has 1 aliphatic carbocycles. The van der Waals surface area contributed by atoms with Gasteiger partial charge in [0, 0.05) is 30.0 Å². The average molecular weight is 333 g/mol. The molecule has 0 aromatic heterocycles. The zero-order valence-electron chi connectivity index (χ0n) is 13.6. The Morgan fingerprint density at radius 3 is 2.87 bits per heavy atom. The highest BCUT2D eigenvalue weighted by molar-refractivity contribution is 8.00. The minimum atomic E-state index is -0.0757. The lowest BCUT2D eigenvalue weighted by molar-refractivity contribution is -0.131. The van der Waals surface area contributed by atoms with Crippen molar-refractivity contribution in [3.05, 3.63) is 35.6 Å². The maximum absolute atomic E-state index is 14.0. The summed E-state index contributed by atoms with van der Waals surface area (Å²) < 4.78 is 14.0. The standard InChI is InChI=1S/C19H24FNOS/c1-12-6-7-21(10-12)19(22)16-9-15(16)18-8-13(11-23-18)14-4-2-3-5-17(14)20/h2-5,12-13,15-16,18H,6-11H2,1H3. The summed E-state index contributed by atoms with van der Waals surface area (Å²) >= 11 is 1.95. The second-order valence-corrected chi connectivity index (χ2v) is 8.78. The van der Waals surface area contributed by atoms with Crippen LogP contribution in [0.4, 0.5) is 4.39 Å². The van der Waals surface area contributed by atoms with Gasteiger partial charge in [-0.25, -0.2) is 4.39 Å². The van der Waals surface area contributed by atoms with Crippen molar-refractivity contribution < 1.29 is 9.18 Å². The highest BCUT2D eigenvalue weighted by atomic mass is 32.2. The van der Waals surface area contributed by atoms with Crippen LogP contribution in [-0.2, 0) is 4.79 Å². The Labute approximate surface area is 141 Å². The van der Waals surface area contributed by atoms with E-state index >= 15 is 0 Å². The van der Waals surface area contributed by atoms with Crippen LogP contribution in [0, 0.1) is 23.6 Å². The van der Waals surface area contributed by atoms with Gasteiger partial charge in [-0.05, 0) is 48.6 Å². The van der Waals surface area contributed by atoms with Gasteiger partial charge in [0.25, 0.3) is 0 Å². The van der Waals surface area contributed by atoms with E-state index in [9.17, 15) is 9.18 Å². The number of carbonyl (C=O) groups excluding carboxylic acids is 1. The third-order valence-electron chi connectivity index (χ3n) is 5.74. The third-order valence-corrected chi connectivity index (χ3v) is 7.31. The molecule has 5 atom stereocenters. The van der Waals surface area contributed by atoms with E-state index in [1.165, 1.54) is 0 Å². The van der Waals surface area contributed by atoms with Crippen molar-refractivity contribution in [2.24, 2.45) is 17.8 Å². The normalized spacial score (nSPS) is 36.4. The zero-order chi connectivity index (χ0) is 16.0. The maximum Gasteiger partial charge on any atom is 0.226 e. The van der Waals surface area contributed by atoms with Gasteiger partial charge in [-0.3, -0.25) is 4.79 Å². The second-order valence-electron chi connectivity index (χ2n) is 7.51. The van der Waals surface area contributed by atoms with Gasteiger partial charge in [-0.15, -0.1) is 0 Å². The average Bonchev–Trinajstić information content (AvgIpc) is 2.98. The molecule has 2 nitrogen and oxygen atoms in total. The number of amides is 1. The smallest absolute Gasteiger partial charge is 0.226 e. The van der Waals surface area contributed by atoms with Crippen molar-refractivity contribution in [1.82, 2.24) is 4.90 Å². The van der Waals surface area contributed by atoms with Crippen LogP contribution in [0.3, 0.4) is 0 Å². The molecule has 23 heavy (non-hydrogen) atoms. The number of hydrogen-bond donors (Lipinski definition) is 0. The number of hydrogen-bond acceptors (Lipinski definition) is 2. The molecule has 0 bridgehead atoms. The summed E-state index contributed by atoms with van der Waals surface area (Å²) in [6.45, 7) is 4.11. The molecule has 3 aliphatic rings. The maximum atomic E-state index is 14.0. The van der Waals surface area contributed by atoms with Gasteiger partial charge in [-0.2, -0.15) is 11.8 Å². The minimum absolute atomic E-state index is 0.0757. The fourth-order valence-electron chi connectivity index (χ4n) is 4.26. The molecule has 2 heterocycles. The summed E-state index contributed by atoms with van der Waals surface area (Å²) in [5.74, 6) is 3.04. The van der Waals surface area contributed by atoms with Gasteiger partial charge < -0.3 is 4.90 Å². The first-order valence-corrected chi connectivity index (χ1v) is 9.83. The van der Waals surface area contributed by atoms with E-state index < -0.39 is 0 Å². The highest BCUT2D eigenvalue weighted by Crippen LogP contribution is 2.53. The number of benzene rings is 1. The Bertz CT molecular complexity index is 607. The lowest BCUT2D eigenvalue weighted by Crippen LogP contribution is -2.30. The van der Waals surface area contributed by atoms with Gasteiger partial charge >= 0.3 is 0 Å². The molecule has 3 fully saturated rings. The molecular weight excluding hydrogens is 309 g/mol. The van der Waals surface area contributed by atoms with Crippen molar-refractivity contribution >= 4 is 17.7 Å². The van der Waals surface area contributed by atoms with E-state index in [2.05, 4.69) is 11.8 Å². The highest BCUT2D eigenvalue weighted by Gasteiger charge is 2.51. The zero-order valence-corrected chi connectivity index (χ0v) is 14.4. The minimum Gasteiger partial charge on any atom is -0.342 e. The number of carbonyl (C=O) groups is 1. The van der Waals surface area contributed by atoms with E-state index in [1.54, 1.807) is 12.1 Å². The van der Waals surface area contributed by atoms with E-state index in [1.807, 2.05) is 23.9 Å². The fraction of sp³-hybridized carbons (Fsp3) is 0.632. The molecule has 124 valence electrons. The predicted molar refractivity (Wildman–Crippen MR) is 92.0 cm³/mol. The monoisotopic (exact) mass is 333 g/mol. The van der Waals surface area contributed by atoms with Gasteiger partial charge in [0.2, 0.25) is 5.91 Å². The van der Waals surface area contributed by atoms with Crippen LogP contribution in [0.1, 0.15) is 37.7 Å². The Morgan fingerprint density at radius 1 is 1.30 bits per heavy atom. The summed E-state index contributed by atoms with van der Waals surface area (Å²) in [4.78, 5) is 14.7. The first kappa shape index (κ1) is 15.5. The van der Waals surface area contributed by atoms with Crippen LogP contribution in [0.25, 0.3) is 0 Å². The molecule has 0 N–H and O–H groups in total. The van der Waals surface area contributed by atoms with Crippen LogP contribution in [-0.4, -0.2) is 34.9 Å². The van der Waals surface area contributed by atoms with E-state index in [0.717, 1.165) is 43.7 Å². The summed E-state index contributed by atoms with van der Waals surface area (Å²) in [5.41, 5.74) is 0.861. The number of nitrogens with zero attached hydrogens (tertiary/aromatic N) is 1. The molecule has 1 saturated carbocycles. The molecule has 4 heteroatoms. The van der Waals surface area contributed by atoms with Gasteiger partial charge in [-0.1, -0.05) is 25.1 Å². The summed E-state index contributed by atoms with van der Waals surface area (Å²) in [6.07, 6.45) is 3.22. The molecular formula is C19H24FNOS. The number of halogens is 1. The lowest BCUT2D eigenvalue weighted by Gasteiger charge is -2.17. The van der Waals surface area contributed by atoms with Crippen molar-refractivity contribution in [1.29, 1.82) is 0 Å². The van der Waals surface area contributed by atoms with E-state index in [0.29, 0.717) is 28.9 Å². The molecule has 4 rings (SSSR count). The first-order chi connectivity index (χ1) is 11.1. The lowest BCUT2D eigenvalue weighted by atomic mass is 9.94. The number of likely N-dealkylation sites (tertiary alicyclic amines) is 1. The summed E-state index contributed by atoms with van der Waals surface area (Å²) in [6, 6.07) is 7.16. The topological polar surface area (TPSA) is 20.3 Å².